The van der Waals surface area contributed by atoms with Gasteiger partial charge in [-0.2, -0.15) is 0 Å². The van der Waals surface area contributed by atoms with Crippen molar-refractivity contribution >= 4 is 0 Å². The van der Waals surface area contributed by atoms with Crippen molar-refractivity contribution < 1.29 is 37.9 Å². The quantitative estimate of drug-likeness (QED) is 0.128. The molecule has 5 atom stereocenters. The van der Waals surface area contributed by atoms with Crippen LogP contribution in [0.1, 0.15) is 115 Å². The third-order valence-electron chi connectivity index (χ3n) is 6.38. The highest BCUT2D eigenvalue weighted by Crippen LogP contribution is 2.63. The molecule has 0 bridgehead atoms. The van der Waals surface area contributed by atoms with Crippen LogP contribution >= 0.6 is 0 Å². The van der Waals surface area contributed by atoms with E-state index in [1.54, 1.807) is 7.11 Å². The summed E-state index contributed by atoms with van der Waals surface area (Å²) in [5.41, 5.74) is -0.640. The van der Waals surface area contributed by atoms with Crippen LogP contribution < -0.4 is 0 Å². The minimum atomic E-state index is -1.68. The Bertz CT molecular complexity index is 665. The first-order valence-corrected chi connectivity index (χ1v) is 14.9. The Hall–Kier alpha value is -0.320. The molecule has 0 N–H and O–H groups in total. The van der Waals surface area contributed by atoms with E-state index >= 15 is 0 Å². The Kier molecular flexibility index (Phi) is 14.2. The van der Waals surface area contributed by atoms with Gasteiger partial charge >= 0.3 is 0 Å². The third-order valence-corrected chi connectivity index (χ3v) is 6.38. The van der Waals surface area contributed by atoms with Gasteiger partial charge in [-0.25, -0.2) is 0 Å². The van der Waals surface area contributed by atoms with E-state index in [2.05, 4.69) is 34.6 Å². The molecule has 0 spiro atoms. The molecule has 0 aliphatic heterocycles. The smallest absolute Gasteiger partial charge is 0.286 e. The van der Waals surface area contributed by atoms with E-state index in [-0.39, 0.29) is 24.5 Å². The van der Waals surface area contributed by atoms with Crippen LogP contribution in [0.15, 0.2) is 0 Å². The van der Waals surface area contributed by atoms with Crippen LogP contribution in [0.5, 0.6) is 0 Å². The first-order valence-electron chi connectivity index (χ1n) is 14.9. The molecule has 0 heterocycles. The van der Waals surface area contributed by atoms with Crippen molar-refractivity contribution in [3.63, 3.8) is 0 Å². The lowest BCUT2D eigenvalue weighted by Gasteiger charge is -2.54. The van der Waals surface area contributed by atoms with Gasteiger partial charge in [0.1, 0.15) is 0 Å². The lowest BCUT2D eigenvalue weighted by atomic mass is 10.00. The van der Waals surface area contributed by atoms with Gasteiger partial charge in [0.25, 0.3) is 11.6 Å². The molecular formula is C30H60O8. The number of methoxy groups -OCH3 is 1. The Balaban J connectivity index is 4.28. The fourth-order valence-corrected chi connectivity index (χ4v) is 4.91. The van der Waals surface area contributed by atoms with Gasteiger partial charge in [0.2, 0.25) is 11.6 Å². The van der Waals surface area contributed by atoms with Crippen molar-refractivity contribution in [2.75, 3.05) is 33.5 Å². The standard InChI is InChI=1S/C30H60O8/c1-14-18-20-34-29(35-21-23(5)6)28(37-25(9)16-3,38-26(10,11)12)22-27(31-13,32-17-4)30(29,33-19-15-2)36-24(7)8/h23-25H,14-22H2,1-13H3. The average molecular weight is 549 g/mol. The maximum absolute atomic E-state index is 6.97. The molecule has 1 aliphatic carbocycles. The highest BCUT2D eigenvalue weighted by molar-refractivity contribution is 5.19. The zero-order valence-corrected chi connectivity index (χ0v) is 26.9. The van der Waals surface area contributed by atoms with Crippen molar-refractivity contribution in [1.29, 1.82) is 0 Å². The molecule has 1 rings (SSSR count). The highest BCUT2D eigenvalue weighted by Gasteiger charge is 2.87. The SMILES string of the molecule is CCCCOC1(OCC(C)C)C(OC(C)CC)(OC(C)(C)C)CC(OC)(OCC)C1(OCCC)OC(C)C. The summed E-state index contributed by atoms with van der Waals surface area (Å²) in [7, 11) is 1.61. The summed E-state index contributed by atoms with van der Waals surface area (Å²) in [6.07, 6.45) is 2.89. The molecule has 0 aromatic rings. The maximum Gasteiger partial charge on any atom is 0.286 e. The predicted molar refractivity (Wildman–Crippen MR) is 150 cm³/mol. The summed E-state index contributed by atoms with van der Waals surface area (Å²) in [5, 5.41) is 0. The van der Waals surface area contributed by atoms with E-state index < -0.39 is 28.7 Å². The van der Waals surface area contributed by atoms with Gasteiger partial charge in [-0.15, -0.1) is 0 Å². The van der Waals surface area contributed by atoms with Crippen LogP contribution in [0.4, 0.5) is 0 Å². The van der Waals surface area contributed by atoms with E-state index in [0.29, 0.717) is 26.4 Å². The van der Waals surface area contributed by atoms with Crippen molar-refractivity contribution in [2.45, 2.75) is 156 Å². The van der Waals surface area contributed by atoms with Crippen LogP contribution in [-0.2, 0) is 37.9 Å². The van der Waals surface area contributed by atoms with E-state index in [1.165, 1.54) is 0 Å². The van der Waals surface area contributed by atoms with Crippen molar-refractivity contribution in [3.05, 3.63) is 0 Å². The summed E-state index contributed by atoms with van der Waals surface area (Å²) in [4.78, 5) is 0. The second kappa shape index (κ2) is 15.1. The third kappa shape index (κ3) is 7.69. The molecule has 0 amide bonds. The van der Waals surface area contributed by atoms with E-state index in [1.807, 2.05) is 48.5 Å². The maximum atomic E-state index is 6.97. The summed E-state index contributed by atoms with van der Waals surface area (Å²) in [5.74, 6) is -6.11. The average Bonchev–Trinajstić information content (AvgIpc) is 2.98. The molecule has 0 aromatic carbocycles. The minimum Gasteiger partial charge on any atom is -0.348 e. The van der Waals surface area contributed by atoms with Gasteiger partial charge in [0.05, 0.1) is 44.1 Å². The Morgan fingerprint density at radius 3 is 1.82 bits per heavy atom. The Morgan fingerprint density at radius 2 is 1.37 bits per heavy atom. The largest absolute Gasteiger partial charge is 0.348 e. The molecule has 8 heteroatoms. The van der Waals surface area contributed by atoms with E-state index in [0.717, 1.165) is 25.7 Å². The minimum absolute atomic E-state index is 0.118. The summed E-state index contributed by atoms with van der Waals surface area (Å²) >= 11 is 0. The van der Waals surface area contributed by atoms with E-state index in [9.17, 15) is 0 Å². The van der Waals surface area contributed by atoms with Gasteiger partial charge in [-0.05, 0) is 73.6 Å². The van der Waals surface area contributed by atoms with Gasteiger partial charge in [-0.1, -0.05) is 41.0 Å². The van der Waals surface area contributed by atoms with Gasteiger partial charge in [-0.3, -0.25) is 0 Å². The van der Waals surface area contributed by atoms with Crippen LogP contribution in [0.25, 0.3) is 0 Å². The normalized spacial score (nSPS) is 31.0. The molecule has 1 fully saturated rings. The molecule has 1 saturated carbocycles. The second-order valence-corrected chi connectivity index (χ2v) is 12.0. The number of rotatable bonds is 19. The van der Waals surface area contributed by atoms with Crippen LogP contribution in [-0.4, -0.2) is 74.5 Å². The zero-order valence-electron chi connectivity index (χ0n) is 26.9. The highest BCUT2D eigenvalue weighted by atomic mass is 16.9. The van der Waals surface area contributed by atoms with Crippen LogP contribution in [0.2, 0.25) is 0 Å². The number of unbranched alkanes of at least 4 members (excludes halogenated alkanes) is 1. The van der Waals surface area contributed by atoms with Crippen molar-refractivity contribution in [1.82, 2.24) is 0 Å². The van der Waals surface area contributed by atoms with Gasteiger partial charge in [0, 0.05) is 13.7 Å². The summed E-state index contributed by atoms with van der Waals surface area (Å²) in [6.45, 7) is 25.8. The second-order valence-electron chi connectivity index (χ2n) is 12.0. The molecule has 5 unspecified atom stereocenters. The van der Waals surface area contributed by atoms with Gasteiger partial charge in [0.15, 0.2) is 0 Å². The first kappa shape index (κ1) is 35.7. The summed E-state index contributed by atoms with van der Waals surface area (Å²) in [6, 6.07) is 0. The predicted octanol–water partition coefficient (Wildman–Crippen LogP) is 6.83. The van der Waals surface area contributed by atoms with Crippen LogP contribution in [0.3, 0.4) is 0 Å². The summed E-state index contributed by atoms with van der Waals surface area (Å²) < 4.78 is 54.2. The zero-order chi connectivity index (χ0) is 29.3. The fraction of sp³-hybridized carbons (Fsp3) is 1.00. The molecule has 38 heavy (non-hydrogen) atoms. The van der Waals surface area contributed by atoms with E-state index in [4.69, 9.17) is 37.9 Å². The number of hydrogen-bond donors (Lipinski definition) is 0. The molecule has 0 radical (unpaired) electrons. The van der Waals surface area contributed by atoms with Gasteiger partial charge < -0.3 is 37.9 Å². The topological polar surface area (TPSA) is 73.8 Å². The first-order chi connectivity index (χ1) is 17.7. The molecular weight excluding hydrogens is 488 g/mol. The number of ether oxygens (including phenoxy) is 8. The monoisotopic (exact) mass is 548 g/mol. The Labute approximate surface area is 233 Å². The van der Waals surface area contributed by atoms with Crippen LogP contribution in [0, 0.1) is 5.92 Å². The van der Waals surface area contributed by atoms with Crippen molar-refractivity contribution in [2.24, 2.45) is 5.92 Å². The molecule has 1 aliphatic rings. The molecule has 8 nitrogen and oxygen atoms in total. The molecule has 0 saturated heterocycles. The lowest BCUT2D eigenvalue weighted by Crippen LogP contribution is -2.74. The lowest BCUT2D eigenvalue weighted by molar-refractivity contribution is -0.510. The molecule has 228 valence electrons. The number of hydrogen-bond acceptors (Lipinski definition) is 8. The van der Waals surface area contributed by atoms with Crippen molar-refractivity contribution in [3.8, 4) is 0 Å². The Morgan fingerprint density at radius 1 is 0.737 bits per heavy atom. The molecule has 0 aromatic heterocycles. The fourth-order valence-electron chi connectivity index (χ4n) is 4.91.